The van der Waals surface area contributed by atoms with Gasteiger partial charge in [-0.3, -0.25) is 29.9 Å². The predicted molar refractivity (Wildman–Crippen MR) is 415 cm³/mol. The van der Waals surface area contributed by atoms with Gasteiger partial charge in [0, 0.05) is 128 Å². The molecule has 0 radical (unpaired) electrons. The number of aliphatic imine (C=N–C) groups is 3. The zero-order valence-corrected chi connectivity index (χ0v) is 64.5. The summed E-state index contributed by atoms with van der Waals surface area (Å²) in [5, 5.41) is 9.52. The molecule has 111 heavy (non-hydrogen) atoms. The molecule has 0 bridgehead atoms. The number of rotatable bonds is 21. The minimum absolute atomic E-state index is 0.0618. The van der Waals surface area contributed by atoms with Gasteiger partial charge in [0.05, 0.1) is 101 Å². The van der Waals surface area contributed by atoms with Gasteiger partial charge in [0.15, 0.2) is 29.5 Å². The molecule has 3 fully saturated rings. The summed E-state index contributed by atoms with van der Waals surface area (Å²) in [6.45, 7) is 7.61. The first-order valence-electron chi connectivity index (χ1n) is 36.6. The molecular weight excluding hydrogens is 1500 g/mol. The Morgan fingerprint density at radius 1 is 0.360 bits per heavy atom. The Morgan fingerprint density at radius 3 is 0.874 bits per heavy atom. The van der Waals surface area contributed by atoms with Crippen LogP contribution < -0.4 is 16.0 Å². The third kappa shape index (κ3) is 19.8. The minimum Gasteiger partial charge on any atom is -0.374 e. The Morgan fingerprint density at radius 2 is 0.640 bits per heavy atom. The fourth-order valence-corrected chi connectivity index (χ4v) is 16.8. The second kappa shape index (κ2) is 34.1. The van der Waals surface area contributed by atoms with Gasteiger partial charge in [-0.1, -0.05) is 36.4 Å². The van der Waals surface area contributed by atoms with Crippen molar-refractivity contribution in [3.05, 3.63) is 212 Å². The van der Waals surface area contributed by atoms with Crippen molar-refractivity contribution >= 4 is 97.8 Å². The second-order valence-electron chi connectivity index (χ2n) is 28.5. The number of pyridine rings is 6. The van der Waals surface area contributed by atoms with Crippen molar-refractivity contribution in [1.29, 1.82) is 0 Å². The van der Waals surface area contributed by atoms with E-state index in [4.69, 9.17) is 14.2 Å². The van der Waals surface area contributed by atoms with Crippen molar-refractivity contribution in [2.24, 2.45) is 15.0 Å². The van der Waals surface area contributed by atoms with Gasteiger partial charge in [-0.25, -0.2) is 66.6 Å². The van der Waals surface area contributed by atoms with E-state index in [1.54, 1.807) is 54.6 Å². The topological polar surface area (TPSA) is 281 Å². The largest absolute Gasteiger partial charge is 0.374 e. The number of benzene rings is 3. The molecule has 6 aromatic heterocycles. The Bertz CT molecular complexity index is 4930. The quantitative estimate of drug-likeness (QED) is 0.0564. The Kier molecular flexibility index (Phi) is 24.4. The highest BCUT2D eigenvalue weighted by Crippen LogP contribution is 2.45. The molecule has 0 spiro atoms. The summed E-state index contributed by atoms with van der Waals surface area (Å²) >= 11 is 0. The maximum absolute atomic E-state index is 13.5. The Balaban J connectivity index is 0.000000146. The molecule has 3 atom stereocenters. The first-order valence-corrected chi connectivity index (χ1v) is 42.3. The van der Waals surface area contributed by atoms with Gasteiger partial charge in [0.2, 0.25) is 0 Å². The SMILES string of the molecule is Cc1cccc(Cc2cc(Nc3ccc(C4CCCCO4)cc3S(C)(=O)=O)c3c(n2)CC(C(F)F)=N3)n1.Cc1cccc(Cc2cc(Nc3ccc([C@@H]4CCCCO4)cc3S(C)(=O)=O)c3c(n2)CC(C(F)F)=N3)n1.Cc1cccc(Cc2cc(Nc3ccc([C@H]4CCCCO4)cc3S(C)(=O)=O)c3c(n2)CC(C(F)F)=N3)n1. The third-order valence-electron chi connectivity index (χ3n) is 19.5. The lowest BCUT2D eigenvalue weighted by atomic mass is 10.0. The van der Waals surface area contributed by atoms with Gasteiger partial charge >= 0.3 is 0 Å². The van der Waals surface area contributed by atoms with E-state index in [-0.39, 0.29) is 69.4 Å². The van der Waals surface area contributed by atoms with Crippen LogP contribution in [0.4, 0.5) is 77.5 Å². The molecule has 15 rings (SSSR count). The number of sulfone groups is 3. The van der Waals surface area contributed by atoms with Crippen LogP contribution in [-0.4, -0.2) is 130 Å². The van der Waals surface area contributed by atoms with E-state index in [9.17, 15) is 51.6 Å². The molecule has 9 aromatic rings. The number of hydrogen-bond donors (Lipinski definition) is 3. The molecule has 3 saturated heterocycles. The lowest BCUT2D eigenvalue weighted by Gasteiger charge is -2.24. The van der Waals surface area contributed by atoms with Crippen molar-refractivity contribution in [3.8, 4) is 0 Å². The van der Waals surface area contributed by atoms with Crippen LogP contribution in [-0.2, 0) is 82.2 Å². The van der Waals surface area contributed by atoms with Gasteiger partial charge < -0.3 is 30.2 Å². The summed E-state index contributed by atoms with van der Waals surface area (Å²) in [6.07, 6.45) is 4.39. The van der Waals surface area contributed by atoms with Crippen LogP contribution in [0.15, 0.2) is 157 Å². The Hall–Kier alpha value is -9.72. The van der Waals surface area contributed by atoms with Gasteiger partial charge in [0.1, 0.15) is 17.1 Å². The standard InChI is InChI=1S/3C27H28F2N4O3S/c3*1-16-6-5-7-18(30-16)13-19-14-21(26-22(31-19)15-23(33-26)27(28)29)32-20-10-9-17(12-25(20)37(2,34)35)24-8-3-4-11-36-24/h3*5-7,9-10,12,14,24,27H,3-4,8,11,13,15H2,1-2H3,(H,31,32)/t2*24-;/m10./s1. The molecule has 582 valence electrons. The average Bonchev–Trinajstić information content (AvgIpc) is 1.72. The van der Waals surface area contributed by atoms with Crippen molar-refractivity contribution in [2.45, 2.75) is 169 Å². The Labute approximate surface area is 641 Å². The van der Waals surface area contributed by atoms with E-state index >= 15 is 0 Å². The number of fused-ring (bicyclic) bond motifs is 3. The van der Waals surface area contributed by atoms with Crippen LogP contribution in [0, 0.1) is 20.8 Å². The smallest absolute Gasteiger partial charge is 0.277 e. The van der Waals surface area contributed by atoms with Gasteiger partial charge in [0.25, 0.3) is 19.3 Å². The molecule has 12 heterocycles. The van der Waals surface area contributed by atoms with E-state index in [0.717, 1.165) is 127 Å². The highest BCUT2D eigenvalue weighted by atomic mass is 32.2. The number of nitrogens with zero attached hydrogens (tertiary/aromatic N) is 9. The molecule has 21 nitrogen and oxygen atoms in total. The number of nitrogens with one attached hydrogen (secondary N) is 3. The summed E-state index contributed by atoms with van der Waals surface area (Å²) in [5.74, 6) is 0. The molecule has 0 saturated carbocycles. The predicted octanol–water partition coefficient (Wildman–Crippen LogP) is 17.0. The van der Waals surface area contributed by atoms with E-state index in [1.807, 2.05) is 93.6 Å². The number of aryl methyl sites for hydroxylation is 3. The molecule has 3 aromatic carbocycles. The molecule has 30 heteroatoms. The number of alkyl halides is 6. The monoisotopic (exact) mass is 1580 g/mol. The van der Waals surface area contributed by atoms with Crippen LogP contribution in [0.3, 0.4) is 0 Å². The summed E-state index contributed by atoms with van der Waals surface area (Å²) in [5.41, 5.74) is 12.9. The van der Waals surface area contributed by atoms with Crippen molar-refractivity contribution in [2.75, 3.05) is 54.5 Å². The number of anilines is 6. The first kappa shape index (κ1) is 79.4. The summed E-state index contributed by atoms with van der Waals surface area (Å²) in [6, 6.07) is 37.8. The zero-order valence-electron chi connectivity index (χ0n) is 62.0. The maximum atomic E-state index is 13.5. The maximum Gasteiger partial charge on any atom is 0.277 e. The average molecular weight is 1580 g/mol. The zero-order chi connectivity index (χ0) is 78.5. The molecule has 0 amide bonds. The number of hydrogen-bond acceptors (Lipinski definition) is 21. The fraction of sp³-hybridized carbons (Fsp3) is 0.370. The summed E-state index contributed by atoms with van der Waals surface area (Å²) in [4.78, 5) is 40.1. The lowest BCUT2D eigenvalue weighted by Crippen LogP contribution is -2.13. The third-order valence-corrected chi connectivity index (χ3v) is 22.9. The van der Waals surface area contributed by atoms with Gasteiger partial charge in [-0.05, 0) is 186 Å². The second-order valence-corrected chi connectivity index (χ2v) is 34.4. The molecule has 6 aliphatic heterocycles. The van der Waals surface area contributed by atoms with E-state index in [2.05, 4.69) is 60.8 Å². The van der Waals surface area contributed by atoms with E-state index in [1.165, 1.54) is 0 Å². The lowest BCUT2D eigenvalue weighted by molar-refractivity contribution is 0.0147. The van der Waals surface area contributed by atoms with Crippen LogP contribution in [0.25, 0.3) is 0 Å². The first-order chi connectivity index (χ1) is 53.0. The number of ether oxygens (including phenoxy) is 3. The normalized spacial score (nSPS) is 17.5. The van der Waals surface area contributed by atoms with Crippen molar-refractivity contribution in [3.63, 3.8) is 0 Å². The molecule has 6 aliphatic rings. The van der Waals surface area contributed by atoms with Gasteiger partial charge in [-0.2, -0.15) is 0 Å². The molecular formula is C81H84F6N12O9S3. The highest BCUT2D eigenvalue weighted by Gasteiger charge is 2.33. The summed E-state index contributed by atoms with van der Waals surface area (Å²) < 4.78 is 175. The molecule has 3 N–H and O–H groups in total. The van der Waals surface area contributed by atoms with Crippen LogP contribution in [0.2, 0.25) is 0 Å². The van der Waals surface area contributed by atoms with Gasteiger partial charge in [-0.15, -0.1) is 0 Å². The van der Waals surface area contributed by atoms with Crippen molar-refractivity contribution in [1.82, 2.24) is 29.9 Å². The van der Waals surface area contributed by atoms with Crippen LogP contribution >= 0.6 is 0 Å². The highest BCUT2D eigenvalue weighted by molar-refractivity contribution is 7.91. The van der Waals surface area contributed by atoms with Crippen LogP contribution in [0.5, 0.6) is 0 Å². The van der Waals surface area contributed by atoms with Crippen molar-refractivity contribution < 1.29 is 65.8 Å². The van der Waals surface area contributed by atoms with E-state index in [0.29, 0.717) is 124 Å². The van der Waals surface area contributed by atoms with Crippen LogP contribution in [0.1, 0.15) is 161 Å². The molecule has 0 aliphatic carbocycles. The fourth-order valence-electron chi connectivity index (χ4n) is 14.2. The number of halogens is 6. The molecule has 1 unspecified atom stereocenters. The minimum atomic E-state index is -3.62. The summed E-state index contributed by atoms with van der Waals surface area (Å²) in [7, 11) is -10.8. The van der Waals surface area contributed by atoms with E-state index < -0.39 is 48.8 Å². The number of aromatic nitrogens is 6.